The van der Waals surface area contributed by atoms with Gasteiger partial charge in [0, 0.05) is 26.7 Å². The second kappa shape index (κ2) is 6.67. The first kappa shape index (κ1) is 18.6. The van der Waals surface area contributed by atoms with Gasteiger partial charge in [-0.15, -0.1) is 0 Å². The average molecular weight is 377 g/mol. The van der Waals surface area contributed by atoms with Gasteiger partial charge in [0.25, 0.3) is 0 Å². The molecule has 4 fully saturated rings. The summed E-state index contributed by atoms with van der Waals surface area (Å²) in [5.74, 6) is 0.611. The first-order valence-corrected chi connectivity index (χ1v) is 10.4. The van der Waals surface area contributed by atoms with Gasteiger partial charge in [-0.1, -0.05) is 6.42 Å². The molecule has 0 aromatic rings. The fraction of sp³-hybridized carbons (Fsp3) is 0.850. The highest BCUT2D eigenvalue weighted by atomic mass is 16.2. The molecular weight excluding hydrogens is 344 g/mol. The molecule has 0 radical (unpaired) electrons. The van der Waals surface area contributed by atoms with Crippen LogP contribution in [0.2, 0.25) is 0 Å². The van der Waals surface area contributed by atoms with E-state index in [1.807, 2.05) is 7.05 Å². The normalized spacial score (nSPS) is 36.6. The van der Waals surface area contributed by atoms with Gasteiger partial charge in [-0.2, -0.15) is 0 Å². The SMILES string of the molecule is CN1C(=O)CC2(CC3(CCC(NC(=O)NCC4CCC4)CC3)C2)N(C)C1=O. The summed E-state index contributed by atoms with van der Waals surface area (Å²) in [7, 11) is 3.40. The zero-order valence-electron chi connectivity index (χ0n) is 16.6. The van der Waals surface area contributed by atoms with E-state index in [1.54, 1.807) is 11.9 Å². The molecule has 5 amide bonds. The minimum absolute atomic E-state index is 0.0285. The molecule has 3 aliphatic carbocycles. The lowest BCUT2D eigenvalue weighted by molar-refractivity contribution is -0.147. The van der Waals surface area contributed by atoms with E-state index in [2.05, 4.69) is 10.6 Å². The molecule has 1 heterocycles. The van der Waals surface area contributed by atoms with Crippen LogP contribution in [0.15, 0.2) is 0 Å². The lowest BCUT2D eigenvalue weighted by atomic mass is 9.50. The third-order valence-electron chi connectivity index (χ3n) is 7.71. The molecule has 3 saturated carbocycles. The van der Waals surface area contributed by atoms with Crippen LogP contribution in [-0.4, -0.2) is 60.0 Å². The van der Waals surface area contributed by atoms with Crippen molar-refractivity contribution in [3.63, 3.8) is 0 Å². The molecule has 1 saturated heterocycles. The topological polar surface area (TPSA) is 81.8 Å². The van der Waals surface area contributed by atoms with E-state index >= 15 is 0 Å². The van der Waals surface area contributed by atoms with E-state index in [9.17, 15) is 14.4 Å². The second-order valence-corrected chi connectivity index (χ2v) is 9.47. The molecule has 1 aliphatic heterocycles. The Balaban J connectivity index is 1.25. The number of amides is 5. The number of urea groups is 2. The highest BCUT2D eigenvalue weighted by Crippen LogP contribution is 2.60. The molecule has 0 atom stereocenters. The van der Waals surface area contributed by atoms with E-state index in [0.717, 1.165) is 45.1 Å². The van der Waals surface area contributed by atoms with Crippen molar-refractivity contribution < 1.29 is 14.4 Å². The fourth-order valence-electron chi connectivity index (χ4n) is 5.66. The molecule has 0 aromatic carbocycles. The third-order valence-corrected chi connectivity index (χ3v) is 7.71. The molecule has 7 nitrogen and oxygen atoms in total. The van der Waals surface area contributed by atoms with Crippen molar-refractivity contribution in [1.29, 1.82) is 0 Å². The van der Waals surface area contributed by atoms with Gasteiger partial charge >= 0.3 is 12.1 Å². The highest BCUT2D eigenvalue weighted by molar-refractivity contribution is 5.97. The zero-order chi connectivity index (χ0) is 19.2. The van der Waals surface area contributed by atoms with Crippen LogP contribution in [-0.2, 0) is 4.79 Å². The molecule has 27 heavy (non-hydrogen) atoms. The van der Waals surface area contributed by atoms with E-state index in [-0.39, 0.29) is 35.0 Å². The Morgan fingerprint density at radius 2 is 1.78 bits per heavy atom. The Morgan fingerprint density at radius 1 is 1.11 bits per heavy atom. The molecule has 2 N–H and O–H groups in total. The van der Waals surface area contributed by atoms with Crippen molar-refractivity contribution in [2.75, 3.05) is 20.6 Å². The first-order chi connectivity index (χ1) is 12.8. The molecule has 4 rings (SSSR count). The Kier molecular flexibility index (Phi) is 4.59. The van der Waals surface area contributed by atoms with Crippen LogP contribution >= 0.6 is 0 Å². The number of nitrogens with one attached hydrogen (secondary N) is 2. The predicted molar refractivity (Wildman–Crippen MR) is 101 cm³/mol. The number of rotatable bonds is 3. The summed E-state index contributed by atoms with van der Waals surface area (Å²) in [5, 5.41) is 6.14. The van der Waals surface area contributed by atoms with Gasteiger partial charge in [0.15, 0.2) is 0 Å². The van der Waals surface area contributed by atoms with Crippen LogP contribution in [0, 0.1) is 11.3 Å². The molecule has 0 unspecified atom stereocenters. The summed E-state index contributed by atoms with van der Waals surface area (Å²) in [6, 6.07) is 0.0332. The van der Waals surface area contributed by atoms with Gasteiger partial charge in [-0.25, -0.2) is 9.59 Å². The Bertz CT molecular complexity index is 629. The first-order valence-electron chi connectivity index (χ1n) is 10.4. The van der Waals surface area contributed by atoms with Gasteiger partial charge < -0.3 is 15.5 Å². The van der Waals surface area contributed by atoms with Crippen LogP contribution in [0.5, 0.6) is 0 Å². The van der Waals surface area contributed by atoms with Crippen molar-refractivity contribution in [3.05, 3.63) is 0 Å². The number of imide groups is 1. The van der Waals surface area contributed by atoms with Crippen LogP contribution < -0.4 is 10.6 Å². The van der Waals surface area contributed by atoms with Gasteiger partial charge in [0.1, 0.15) is 0 Å². The number of nitrogens with zero attached hydrogens (tertiary/aromatic N) is 2. The van der Waals surface area contributed by atoms with Crippen LogP contribution in [0.4, 0.5) is 9.59 Å². The second-order valence-electron chi connectivity index (χ2n) is 9.47. The van der Waals surface area contributed by atoms with E-state index in [4.69, 9.17) is 0 Å². The molecular formula is C20H32N4O3. The number of carbonyl (C=O) groups excluding carboxylic acids is 3. The van der Waals surface area contributed by atoms with Crippen molar-refractivity contribution in [3.8, 4) is 0 Å². The van der Waals surface area contributed by atoms with Crippen molar-refractivity contribution in [2.24, 2.45) is 11.3 Å². The largest absolute Gasteiger partial charge is 0.338 e. The van der Waals surface area contributed by atoms with E-state index in [1.165, 1.54) is 24.2 Å². The van der Waals surface area contributed by atoms with Crippen LogP contribution in [0.1, 0.15) is 64.2 Å². The fourth-order valence-corrected chi connectivity index (χ4v) is 5.66. The molecule has 0 aromatic heterocycles. The average Bonchev–Trinajstić information content (AvgIpc) is 2.57. The number of carbonyl (C=O) groups is 3. The van der Waals surface area contributed by atoms with Crippen molar-refractivity contribution in [2.45, 2.75) is 75.8 Å². The van der Waals surface area contributed by atoms with E-state index < -0.39 is 0 Å². The lowest BCUT2D eigenvalue weighted by Crippen LogP contribution is -2.69. The lowest BCUT2D eigenvalue weighted by Gasteiger charge is -2.63. The van der Waals surface area contributed by atoms with Gasteiger partial charge in [-0.05, 0) is 62.7 Å². The maximum absolute atomic E-state index is 12.3. The van der Waals surface area contributed by atoms with Gasteiger partial charge in [0.2, 0.25) is 5.91 Å². The summed E-state index contributed by atoms with van der Waals surface area (Å²) < 4.78 is 0. The zero-order valence-corrected chi connectivity index (χ0v) is 16.6. The molecule has 0 bridgehead atoms. The number of hydrogen-bond donors (Lipinski definition) is 2. The maximum Gasteiger partial charge on any atom is 0.326 e. The smallest absolute Gasteiger partial charge is 0.326 e. The highest BCUT2D eigenvalue weighted by Gasteiger charge is 2.61. The van der Waals surface area contributed by atoms with Gasteiger partial charge in [-0.3, -0.25) is 9.69 Å². The van der Waals surface area contributed by atoms with Crippen molar-refractivity contribution >= 4 is 18.0 Å². The quantitative estimate of drug-likeness (QED) is 0.794. The summed E-state index contributed by atoms with van der Waals surface area (Å²) in [6.07, 6.45) is 10.2. The summed E-state index contributed by atoms with van der Waals surface area (Å²) >= 11 is 0. The molecule has 150 valence electrons. The number of hydrogen-bond acceptors (Lipinski definition) is 3. The Hall–Kier alpha value is -1.79. The predicted octanol–water partition coefficient (Wildman–Crippen LogP) is 2.46. The Morgan fingerprint density at radius 3 is 2.37 bits per heavy atom. The third kappa shape index (κ3) is 3.29. The molecule has 4 aliphatic rings. The van der Waals surface area contributed by atoms with Gasteiger partial charge in [0.05, 0.1) is 12.0 Å². The van der Waals surface area contributed by atoms with Crippen LogP contribution in [0.3, 0.4) is 0 Å². The minimum Gasteiger partial charge on any atom is -0.338 e. The summed E-state index contributed by atoms with van der Waals surface area (Å²) in [5.41, 5.74) is -0.0353. The maximum atomic E-state index is 12.3. The monoisotopic (exact) mass is 376 g/mol. The minimum atomic E-state index is -0.277. The Labute approximate surface area is 161 Å². The molecule has 7 heteroatoms. The summed E-state index contributed by atoms with van der Waals surface area (Å²) in [6.45, 7) is 0.799. The van der Waals surface area contributed by atoms with Crippen LogP contribution in [0.25, 0.3) is 0 Å². The van der Waals surface area contributed by atoms with Crippen molar-refractivity contribution in [1.82, 2.24) is 20.4 Å². The summed E-state index contributed by atoms with van der Waals surface area (Å²) in [4.78, 5) is 39.6. The van der Waals surface area contributed by atoms with E-state index in [0.29, 0.717) is 12.3 Å². The standard InChI is InChI=1S/C20H32N4O3/c1-23-16(25)10-20(24(2)18(23)27)12-19(13-20)8-6-15(7-9-19)22-17(26)21-11-14-4-3-5-14/h14-15H,3-13H2,1-2H3,(H2,21,22,26). The molecule has 2 spiro atoms.